The third-order valence-electron chi connectivity index (χ3n) is 3.51. The molecule has 0 unspecified atom stereocenters. The molecule has 0 aliphatic carbocycles. The second kappa shape index (κ2) is 7.72. The lowest BCUT2D eigenvalue weighted by Gasteiger charge is -2.20. The van der Waals surface area contributed by atoms with Crippen LogP contribution in [0.1, 0.15) is 37.8 Å². The van der Waals surface area contributed by atoms with Crippen molar-refractivity contribution >= 4 is 18.0 Å². The molecule has 4 nitrogen and oxygen atoms in total. The number of hydrogen-bond donors (Lipinski definition) is 0. The SMILES string of the molecule is COC(=O)C(C)(C)CCC(=O)Cc1ccc(CC=O)cc1. The fourth-order valence-electron chi connectivity index (χ4n) is 2.04. The molecule has 114 valence electrons. The second-order valence-corrected chi connectivity index (χ2v) is 5.78. The van der Waals surface area contributed by atoms with Gasteiger partial charge in [-0.2, -0.15) is 0 Å². The Bertz CT molecular complexity index is 500. The fourth-order valence-corrected chi connectivity index (χ4v) is 2.04. The molecule has 0 heterocycles. The van der Waals surface area contributed by atoms with Crippen LogP contribution in [0.3, 0.4) is 0 Å². The summed E-state index contributed by atoms with van der Waals surface area (Å²) in [6, 6.07) is 7.44. The average Bonchev–Trinajstić information content (AvgIpc) is 2.46. The van der Waals surface area contributed by atoms with Gasteiger partial charge in [-0.1, -0.05) is 24.3 Å². The van der Waals surface area contributed by atoms with Crippen molar-refractivity contribution in [1.29, 1.82) is 0 Å². The Hall–Kier alpha value is -1.97. The molecule has 0 aliphatic rings. The molecule has 1 aromatic rings. The van der Waals surface area contributed by atoms with Crippen LogP contribution in [0, 0.1) is 5.41 Å². The Morgan fingerprint density at radius 2 is 1.71 bits per heavy atom. The monoisotopic (exact) mass is 290 g/mol. The molecule has 0 saturated carbocycles. The van der Waals surface area contributed by atoms with Crippen molar-refractivity contribution in [3.8, 4) is 0 Å². The third-order valence-corrected chi connectivity index (χ3v) is 3.51. The fraction of sp³-hybridized carbons (Fsp3) is 0.471. The summed E-state index contributed by atoms with van der Waals surface area (Å²) < 4.78 is 4.72. The van der Waals surface area contributed by atoms with Crippen LogP contribution in [0.4, 0.5) is 0 Å². The summed E-state index contributed by atoms with van der Waals surface area (Å²) in [5.41, 5.74) is 1.22. The van der Waals surface area contributed by atoms with Crippen LogP contribution >= 0.6 is 0 Å². The van der Waals surface area contributed by atoms with E-state index in [0.29, 0.717) is 25.7 Å². The summed E-state index contributed by atoms with van der Waals surface area (Å²) in [4.78, 5) is 33.9. The van der Waals surface area contributed by atoms with Gasteiger partial charge in [-0.05, 0) is 31.4 Å². The lowest BCUT2D eigenvalue weighted by Crippen LogP contribution is -2.26. The number of esters is 1. The number of carbonyl (C=O) groups is 3. The normalized spacial score (nSPS) is 11.0. The number of ketones is 1. The molecule has 0 aromatic heterocycles. The number of carbonyl (C=O) groups excluding carboxylic acids is 3. The quantitative estimate of drug-likeness (QED) is 0.545. The van der Waals surface area contributed by atoms with Crippen molar-refractivity contribution in [3.63, 3.8) is 0 Å². The van der Waals surface area contributed by atoms with Gasteiger partial charge in [-0.3, -0.25) is 9.59 Å². The van der Waals surface area contributed by atoms with Gasteiger partial charge < -0.3 is 9.53 Å². The van der Waals surface area contributed by atoms with Crippen molar-refractivity contribution in [1.82, 2.24) is 0 Å². The molecule has 21 heavy (non-hydrogen) atoms. The zero-order valence-corrected chi connectivity index (χ0v) is 12.8. The molecule has 1 aromatic carbocycles. The van der Waals surface area contributed by atoms with Crippen LogP contribution in [-0.4, -0.2) is 25.1 Å². The minimum atomic E-state index is -0.641. The van der Waals surface area contributed by atoms with Gasteiger partial charge in [0.15, 0.2) is 0 Å². The Kier molecular flexibility index (Phi) is 6.28. The number of hydrogen-bond acceptors (Lipinski definition) is 4. The minimum absolute atomic E-state index is 0.0927. The molecule has 1 rings (SSSR count). The molecule has 0 bridgehead atoms. The molecule has 0 radical (unpaired) electrons. The van der Waals surface area contributed by atoms with Crippen molar-refractivity contribution < 1.29 is 19.1 Å². The lowest BCUT2D eigenvalue weighted by atomic mass is 9.86. The molecular weight excluding hydrogens is 268 g/mol. The first-order chi connectivity index (χ1) is 9.89. The average molecular weight is 290 g/mol. The van der Waals surface area contributed by atoms with E-state index in [1.165, 1.54) is 7.11 Å². The van der Waals surface area contributed by atoms with Crippen LogP contribution in [0.15, 0.2) is 24.3 Å². The zero-order valence-electron chi connectivity index (χ0n) is 12.8. The Labute approximate surface area is 125 Å². The highest BCUT2D eigenvalue weighted by atomic mass is 16.5. The molecule has 0 fully saturated rings. The summed E-state index contributed by atoms with van der Waals surface area (Å²) >= 11 is 0. The molecule has 4 heteroatoms. The summed E-state index contributed by atoms with van der Waals surface area (Å²) in [6.07, 6.45) is 2.41. The van der Waals surface area contributed by atoms with Crippen LogP contribution in [0.5, 0.6) is 0 Å². The standard InChI is InChI=1S/C17H22O4/c1-17(2,16(20)21-3)10-8-15(19)12-14-6-4-13(5-7-14)9-11-18/h4-7,11H,8-10,12H2,1-3H3. The van der Waals surface area contributed by atoms with Gasteiger partial charge in [0.2, 0.25) is 0 Å². The van der Waals surface area contributed by atoms with Gasteiger partial charge in [0, 0.05) is 19.3 Å². The van der Waals surface area contributed by atoms with Gasteiger partial charge >= 0.3 is 5.97 Å². The predicted octanol–water partition coefficient (Wildman–Crippen LogP) is 2.52. The number of rotatable bonds is 8. The first-order valence-corrected chi connectivity index (χ1v) is 7.00. The lowest BCUT2D eigenvalue weighted by molar-refractivity contribution is -0.151. The van der Waals surface area contributed by atoms with E-state index in [0.717, 1.165) is 17.4 Å². The van der Waals surface area contributed by atoms with E-state index in [4.69, 9.17) is 4.74 Å². The predicted molar refractivity (Wildman–Crippen MR) is 80.0 cm³/mol. The topological polar surface area (TPSA) is 60.4 Å². The van der Waals surface area contributed by atoms with Gasteiger partial charge in [0.1, 0.15) is 12.1 Å². The molecule has 0 saturated heterocycles. The minimum Gasteiger partial charge on any atom is -0.469 e. The van der Waals surface area contributed by atoms with Gasteiger partial charge in [0.05, 0.1) is 12.5 Å². The maximum absolute atomic E-state index is 12.0. The van der Waals surface area contributed by atoms with Gasteiger partial charge in [0.25, 0.3) is 0 Å². The largest absolute Gasteiger partial charge is 0.469 e. The van der Waals surface area contributed by atoms with Crippen LogP contribution in [0.25, 0.3) is 0 Å². The van der Waals surface area contributed by atoms with Crippen molar-refractivity contribution in [3.05, 3.63) is 35.4 Å². The molecule has 0 spiro atoms. The first kappa shape index (κ1) is 17.1. The zero-order chi connectivity index (χ0) is 15.9. The van der Waals surface area contributed by atoms with Gasteiger partial charge in [-0.25, -0.2) is 0 Å². The molecule has 0 aliphatic heterocycles. The van der Waals surface area contributed by atoms with E-state index in [-0.39, 0.29) is 11.8 Å². The number of ether oxygens (including phenoxy) is 1. The Morgan fingerprint density at radius 1 is 1.14 bits per heavy atom. The van der Waals surface area contributed by atoms with E-state index in [2.05, 4.69) is 0 Å². The number of aldehydes is 1. The van der Waals surface area contributed by atoms with Crippen LogP contribution in [-0.2, 0) is 32.0 Å². The number of methoxy groups -OCH3 is 1. The molecule has 0 N–H and O–H groups in total. The van der Waals surface area contributed by atoms with Crippen LogP contribution < -0.4 is 0 Å². The molecule has 0 atom stereocenters. The summed E-state index contributed by atoms with van der Waals surface area (Å²) in [5, 5.41) is 0. The number of benzene rings is 1. The van der Waals surface area contributed by atoms with E-state index >= 15 is 0 Å². The van der Waals surface area contributed by atoms with E-state index in [1.54, 1.807) is 13.8 Å². The third kappa shape index (κ3) is 5.50. The summed E-state index contributed by atoms with van der Waals surface area (Å²) in [5.74, 6) is -0.205. The van der Waals surface area contributed by atoms with Gasteiger partial charge in [-0.15, -0.1) is 0 Å². The maximum atomic E-state index is 12.0. The second-order valence-electron chi connectivity index (χ2n) is 5.78. The summed E-state index contributed by atoms with van der Waals surface area (Å²) in [7, 11) is 1.35. The summed E-state index contributed by atoms with van der Waals surface area (Å²) in [6.45, 7) is 3.56. The molecule has 0 amide bonds. The maximum Gasteiger partial charge on any atom is 0.311 e. The highest BCUT2D eigenvalue weighted by Crippen LogP contribution is 2.24. The van der Waals surface area contributed by atoms with E-state index in [9.17, 15) is 14.4 Å². The van der Waals surface area contributed by atoms with Crippen LogP contribution in [0.2, 0.25) is 0 Å². The highest BCUT2D eigenvalue weighted by Gasteiger charge is 2.28. The van der Waals surface area contributed by atoms with E-state index in [1.807, 2.05) is 24.3 Å². The highest BCUT2D eigenvalue weighted by molar-refractivity contribution is 5.82. The van der Waals surface area contributed by atoms with E-state index < -0.39 is 5.41 Å². The molecular formula is C17H22O4. The first-order valence-electron chi connectivity index (χ1n) is 7.00. The Morgan fingerprint density at radius 3 is 2.24 bits per heavy atom. The smallest absolute Gasteiger partial charge is 0.311 e. The van der Waals surface area contributed by atoms with Crippen molar-refractivity contribution in [2.24, 2.45) is 5.41 Å². The Balaban J connectivity index is 2.50. The van der Waals surface area contributed by atoms with Crippen molar-refractivity contribution in [2.45, 2.75) is 39.5 Å². The number of Topliss-reactive ketones (excluding diaryl/α,β-unsaturated/α-hetero) is 1. The van der Waals surface area contributed by atoms with Crippen molar-refractivity contribution in [2.75, 3.05) is 7.11 Å².